The summed E-state index contributed by atoms with van der Waals surface area (Å²) in [5.41, 5.74) is -0.127. The minimum Gasteiger partial charge on any atom is -0.392 e. The van der Waals surface area contributed by atoms with E-state index >= 15 is 0 Å². The maximum Gasteiger partial charge on any atom is 0.353 e. The normalized spacial score (nSPS) is 9.80. The van der Waals surface area contributed by atoms with E-state index in [-0.39, 0.29) is 13.2 Å². The van der Waals surface area contributed by atoms with E-state index in [2.05, 4.69) is 10.3 Å². The number of aromatic nitrogens is 2. The largest absolute Gasteiger partial charge is 0.392 e. The predicted molar refractivity (Wildman–Crippen MR) is 56.5 cm³/mol. The first-order chi connectivity index (χ1) is 7.21. The van der Waals surface area contributed by atoms with Crippen LogP contribution < -0.4 is 11.0 Å². The highest BCUT2D eigenvalue weighted by Crippen LogP contribution is 1.98. The van der Waals surface area contributed by atoms with Crippen molar-refractivity contribution >= 4 is 12.0 Å². The fourth-order valence-electron chi connectivity index (χ4n) is 0.979. The second-order valence-electron chi connectivity index (χ2n) is 2.86. The number of rotatable bonds is 4. The van der Waals surface area contributed by atoms with Crippen LogP contribution in [0.1, 0.15) is 0 Å². The summed E-state index contributed by atoms with van der Waals surface area (Å²) in [6.45, 7) is -0.590. The van der Waals surface area contributed by atoms with Crippen molar-refractivity contribution in [1.82, 2.24) is 9.55 Å². The number of hydrogen-bond donors (Lipinski definition) is 3. The molecule has 0 bridgehead atoms. The highest BCUT2D eigenvalue weighted by molar-refractivity contribution is 5.36. The molecule has 3 N–H and O–H groups in total. The summed E-state index contributed by atoms with van der Waals surface area (Å²) in [5, 5.41) is 20.3. The molecular formula is C9H13N3O3. The lowest BCUT2D eigenvalue weighted by molar-refractivity contribution is 0.277. The van der Waals surface area contributed by atoms with E-state index in [0.717, 1.165) is 0 Å². The molecule has 0 aliphatic carbocycles. The van der Waals surface area contributed by atoms with Crippen LogP contribution in [0.5, 0.6) is 0 Å². The number of nitrogens with one attached hydrogen (secondary N) is 1. The molecule has 0 spiro atoms. The predicted octanol–water partition coefficient (Wildman–Crippen LogP) is -0.890. The smallest absolute Gasteiger partial charge is 0.353 e. The Labute approximate surface area is 86.5 Å². The Kier molecular flexibility index (Phi) is 4.02. The van der Waals surface area contributed by atoms with Crippen molar-refractivity contribution in [2.75, 3.05) is 25.6 Å². The molecule has 0 radical (unpaired) electrons. The molecule has 0 amide bonds. The minimum absolute atomic E-state index is 0.295. The van der Waals surface area contributed by atoms with Crippen LogP contribution in [-0.2, 0) is 0 Å². The topological polar surface area (TPSA) is 87.4 Å². The zero-order valence-electron chi connectivity index (χ0n) is 8.34. The maximum absolute atomic E-state index is 11.4. The van der Waals surface area contributed by atoms with Crippen molar-refractivity contribution in [3.8, 4) is 0 Å². The summed E-state index contributed by atoms with van der Waals surface area (Å²) in [6, 6.07) is 1.62. The van der Waals surface area contributed by atoms with Gasteiger partial charge >= 0.3 is 5.69 Å². The van der Waals surface area contributed by atoms with Crippen molar-refractivity contribution in [2.24, 2.45) is 0 Å². The Morgan fingerprint density at radius 1 is 1.60 bits per heavy atom. The van der Waals surface area contributed by atoms with Gasteiger partial charge in [0.1, 0.15) is 5.82 Å². The van der Waals surface area contributed by atoms with Crippen LogP contribution in [0, 0.1) is 0 Å². The zero-order chi connectivity index (χ0) is 11.3. The van der Waals surface area contributed by atoms with E-state index < -0.39 is 5.69 Å². The second kappa shape index (κ2) is 5.28. The van der Waals surface area contributed by atoms with E-state index in [1.54, 1.807) is 13.1 Å². The van der Waals surface area contributed by atoms with Gasteiger partial charge in [0.05, 0.1) is 13.2 Å². The summed E-state index contributed by atoms with van der Waals surface area (Å²) in [5.74, 6) is 0.471. The lowest BCUT2D eigenvalue weighted by Gasteiger charge is -2.03. The lowest BCUT2D eigenvalue weighted by atomic mass is 10.3. The average Bonchev–Trinajstić information content (AvgIpc) is 2.27. The van der Waals surface area contributed by atoms with Gasteiger partial charge in [0.15, 0.2) is 0 Å². The van der Waals surface area contributed by atoms with Gasteiger partial charge in [0.25, 0.3) is 0 Å². The lowest BCUT2D eigenvalue weighted by Crippen LogP contribution is -2.20. The molecule has 0 aromatic carbocycles. The molecule has 0 aliphatic rings. The van der Waals surface area contributed by atoms with Gasteiger partial charge in [-0.25, -0.2) is 4.79 Å². The molecular weight excluding hydrogens is 198 g/mol. The maximum atomic E-state index is 11.4. The Morgan fingerprint density at radius 3 is 2.73 bits per heavy atom. The molecule has 0 atom stereocenters. The van der Waals surface area contributed by atoms with E-state index in [9.17, 15) is 4.79 Å². The van der Waals surface area contributed by atoms with Gasteiger partial charge in [0, 0.05) is 19.4 Å². The molecule has 0 fully saturated rings. The molecule has 1 heterocycles. The summed E-state index contributed by atoms with van der Waals surface area (Å²) in [4.78, 5) is 15.1. The third kappa shape index (κ3) is 2.90. The summed E-state index contributed by atoms with van der Waals surface area (Å²) >= 11 is 0. The van der Waals surface area contributed by atoms with Gasteiger partial charge in [-0.05, 0) is 11.6 Å². The molecule has 82 valence electrons. The number of anilines is 1. The molecule has 6 heteroatoms. The summed E-state index contributed by atoms with van der Waals surface area (Å²) in [6.07, 6.45) is 2.86. The number of nitrogens with zero attached hydrogens (tertiary/aromatic N) is 2. The Morgan fingerprint density at radius 2 is 2.27 bits per heavy atom. The van der Waals surface area contributed by atoms with Crippen LogP contribution in [0.25, 0.3) is 6.20 Å². The van der Waals surface area contributed by atoms with Crippen LogP contribution in [0.3, 0.4) is 0 Å². The Bertz CT molecular complexity index is 405. The van der Waals surface area contributed by atoms with Crippen LogP contribution in [0.2, 0.25) is 0 Å². The Balaban J connectivity index is 3.06. The van der Waals surface area contributed by atoms with E-state index in [0.29, 0.717) is 11.4 Å². The first-order valence-electron chi connectivity index (χ1n) is 4.39. The average molecular weight is 211 g/mol. The van der Waals surface area contributed by atoms with Crippen molar-refractivity contribution in [3.63, 3.8) is 0 Å². The van der Waals surface area contributed by atoms with Crippen LogP contribution >= 0.6 is 0 Å². The van der Waals surface area contributed by atoms with Gasteiger partial charge in [-0.3, -0.25) is 4.57 Å². The highest BCUT2D eigenvalue weighted by atomic mass is 16.3. The molecule has 1 aromatic heterocycles. The third-order valence-electron chi connectivity index (χ3n) is 1.81. The van der Waals surface area contributed by atoms with Gasteiger partial charge in [0.2, 0.25) is 0 Å². The van der Waals surface area contributed by atoms with Crippen LogP contribution in [0.4, 0.5) is 5.82 Å². The van der Waals surface area contributed by atoms with Crippen LogP contribution in [0.15, 0.2) is 22.6 Å². The summed E-state index contributed by atoms with van der Waals surface area (Å²) in [7, 11) is 1.66. The van der Waals surface area contributed by atoms with Crippen molar-refractivity contribution < 1.29 is 10.2 Å². The van der Waals surface area contributed by atoms with Gasteiger partial charge in [-0.1, -0.05) is 0 Å². The highest BCUT2D eigenvalue weighted by Gasteiger charge is 1.98. The molecule has 1 aromatic rings. The Hall–Kier alpha value is -1.66. The van der Waals surface area contributed by atoms with E-state index in [4.69, 9.17) is 10.2 Å². The second-order valence-corrected chi connectivity index (χ2v) is 2.86. The van der Waals surface area contributed by atoms with Gasteiger partial charge in [-0.2, -0.15) is 4.98 Å². The molecule has 15 heavy (non-hydrogen) atoms. The minimum atomic E-state index is -0.471. The first kappa shape index (κ1) is 11.4. The molecule has 0 unspecified atom stereocenters. The van der Waals surface area contributed by atoms with Crippen molar-refractivity contribution in [3.05, 3.63) is 28.3 Å². The van der Waals surface area contributed by atoms with Crippen molar-refractivity contribution in [1.29, 1.82) is 0 Å². The van der Waals surface area contributed by atoms with E-state index in [1.165, 1.54) is 17.0 Å². The zero-order valence-corrected chi connectivity index (χ0v) is 8.34. The third-order valence-corrected chi connectivity index (χ3v) is 1.81. The standard InChI is InChI=1S/C9H13N3O3/c1-10-8-2-3-12(9(15)11-8)4-7(5-13)6-14/h2-4,13-14H,5-6H2,1H3,(H,10,11,15). The fraction of sp³-hybridized carbons (Fsp3) is 0.333. The van der Waals surface area contributed by atoms with Gasteiger partial charge < -0.3 is 15.5 Å². The number of aliphatic hydroxyl groups excluding tert-OH is 2. The molecule has 6 nitrogen and oxygen atoms in total. The molecule has 0 saturated carbocycles. The SMILES string of the molecule is CNc1ccn(C=C(CO)CO)c(=O)n1. The summed E-state index contributed by atoms with van der Waals surface area (Å²) < 4.78 is 1.20. The monoisotopic (exact) mass is 211 g/mol. The quantitative estimate of drug-likeness (QED) is 0.601. The van der Waals surface area contributed by atoms with Gasteiger partial charge in [-0.15, -0.1) is 0 Å². The molecule has 1 rings (SSSR count). The van der Waals surface area contributed by atoms with E-state index in [1.807, 2.05) is 0 Å². The van der Waals surface area contributed by atoms with Crippen molar-refractivity contribution in [2.45, 2.75) is 0 Å². The molecule has 0 aliphatic heterocycles. The number of aliphatic hydroxyl groups is 2. The molecule has 0 saturated heterocycles. The van der Waals surface area contributed by atoms with Crippen LogP contribution in [-0.4, -0.2) is 40.0 Å². The number of hydrogen-bond acceptors (Lipinski definition) is 5. The first-order valence-corrected chi connectivity index (χ1v) is 4.39. The fourth-order valence-corrected chi connectivity index (χ4v) is 0.979.